The maximum absolute atomic E-state index is 12.9. The SMILES string of the molecule is C=CCNC(=O)c1ccc(C(=O)N2c3ccccc3CC2C)cc1. The van der Waals surface area contributed by atoms with Gasteiger partial charge in [0.1, 0.15) is 0 Å². The van der Waals surface area contributed by atoms with E-state index >= 15 is 0 Å². The lowest BCUT2D eigenvalue weighted by Gasteiger charge is -2.22. The van der Waals surface area contributed by atoms with Crippen molar-refractivity contribution in [1.82, 2.24) is 5.32 Å². The van der Waals surface area contributed by atoms with E-state index in [0.29, 0.717) is 17.7 Å². The third-order valence-electron chi connectivity index (χ3n) is 4.23. The highest BCUT2D eigenvalue weighted by Gasteiger charge is 2.31. The Morgan fingerprint density at radius 1 is 1.17 bits per heavy atom. The molecular formula is C20H20N2O2. The molecule has 0 spiro atoms. The van der Waals surface area contributed by atoms with Crippen LogP contribution in [0.15, 0.2) is 61.2 Å². The van der Waals surface area contributed by atoms with Crippen LogP contribution in [0.3, 0.4) is 0 Å². The topological polar surface area (TPSA) is 49.4 Å². The summed E-state index contributed by atoms with van der Waals surface area (Å²) >= 11 is 0. The minimum absolute atomic E-state index is 0.0366. The van der Waals surface area contributed by atoms with Crippen molar-refractivity contribution in [2.24, 2.45) is 0 Å². The molecule has 4 heteroatoms. The molecule has 3 rings (SSSR count). The van der Waals surface area contributed by atoms with Gasteiger partial charge in [-0.05, 0) is 49.2 Å². The number of anilines is 1. The Morgan fingerprint density at radius 3 is 2.54 bits per heavy atom. The Kier molecular flexibility index (Phi) is 4.47. The van der Waals surface area contributed by atoms with E-state index in [1.165, 1.54) is 5.56 Å². The molecule has 2 amide bonds. The maximum atomic E-state index is 12.9. The van der Waals surface area contributed by atoms with Crippen LogP contribution < -0.4 is 10.2 Å². The van der Waals surface area contributed by atoms with E-state index < -0.39 is 0 Å². The first-order valence-corrected chi connectivity index (χ1v) is 8.02. The van der Waals surface area contributed by atoms with Crippen molar-refractivity contribution >= 4 is 17.5 Å². The molecule has 0 saturated carbocycles. The van der Waals surface area contributed by atoms with E-state index in [-0.39, 0.29) is 17.9 Å². The zero-order chi connectivity index (χ0) is 17.1. The molecule has 1 unspecified atom stereocenters. The molecule has 24 heavy (non-hydrogen) atoms. The average Bonchev–Trinajstić information content (AvgIpc) is 2.95. The van der Waals surface area contributed by atoms with Crippen molar-refractivity contribution in [2.75, 3.05) is 11.4 Å². The minimum atomic E-state index is -0.172. The van der Waals surface area contributed by atoms with Crippen LogP contribution in [-0.2, 0) is 6.42 Å². The third kappa shape index (κ3) is 2.95. The van der Waals surface area contributed by atoms with Gasteiger partial charge in [0, 0.05) is 29.4 Å². The fraction of sp³-hybridized carbons (Fsp3) is 0.200. The van der Waals surface area contributed by atoms with Gasteiger partial charge in [0.2, 0.25) is 0 Å². The van der Waals surface area contributed by atoms with E-state index in [2.05, 4.69) is 24.9 Å². The van der Waals surface area contributed by atoms with Gasteiger partial charge in [0.05, 0.1) is 0 Å². The summed E-state index contributed by atoms with van der Waals surface area (Å²) in [6.45, 7) is 6.04. The zero-order valence-corrected chi connectivity index (χ0v) is 13.7. The number of para-hydroxylation sites is 1. The van der Waals surface area contributed by atoms with Gasteiger partial charge in [-0.25, -0.2) is 0 Å². The number of carbonyl (C=O) groups is 2. The van der Waals surface area contributed by atoms with E-state index in [9.17, 15) is 9.59 Å². The smallest absolute Gasteiger partial charge is 0.258 e. The van der Waals surface area contributed by atoms with Crippen LogP contribution >= 0.6 is 0 Å². The first kappa shape index (κ1) is 16.0. The number of hydrogen-bond acceptors (Lipinski definition) is 2. The van der Waals surface area contributed by atoms with Crippen molar-refractivity contribution in [2.45, 2.75) is 19.4 Å². The zero-order valence-electron chi connectivity index (χ0n) is 13.7. The molecule has 122 valence electrons. The van der Waals surface area contributed by atoms with Gasteiger partial charge in [0.15, 0.2) is 0 Å². The van der Waals surface area contributed by atoms with Crippen molar-refractivity contribution < 1.29 is 9.59 Å². The molecule has 2 aromatic rings. The monoisotopic (exact) mass is 320 g/mol. The second-order valence-corrected chi connectivity index (χ2v) is 5.93. The number of nitrogens with zero attached hydrogens (tertiary/aromatic N) is 1. The predicted octanol–water partition coefficient (Wildman–Crippen LogP) is 3.19. The van der Waals surface area contributed by atoms with E-state index in [1.807, 2.05) is 23.1 Å². The van der Waals surface area contributed by atoms with Gasteiger partial charge in [-0.3, -0.25) is 9.59 Å². The fourth-order valence-electron chi connectivity index (χ4n) is 3.05. The van der Waals surface area contributed by atoms with Crippen molar-refractivity contribution in [3.63, 3.8) is 0 Å². The molecule has 1 aliphatic heterocycles. The Hall–Kier alpha value is -2.88. The molecule has 0 saturated heterocycles. The van der Waals surface area contributed by atoms with Crippen LogP contribution in [0.1, 0.15) is 33.2 Å². The van der Waals surface area contributed by atoms with Gasteiger partial charge in [-0.2, -0.15) is 0 Å². The normalized spacial score (nSPS) is 15.7. The number of benzene rings is 2. The molecule has 2 aromatic carbocycles. The van der Waals surface area contributed by atoms with E-state index in [1.54, 1.807) is 30.3 Å². The molecule has 1 heterocycles. The molecule has 0 aromatic heterocycles. The second-order valence-electron chi connectivity index (χ2n) is 5.93. The Morgan fingerprint density at radius 2 is 1.83 bits per heavy atom. The summed E-state index contributed by atoms with van der Waals surface area (Å²) < 4.78 is 0. The predicted molar refractivity (Wildman–Crippen MR) is 95.4 cm³/mol. The van der Waals surface area contributed by atoms with Crippen LogP contribution in [0.5, 0.6) is 0 Å². The number of nitrogens with one attached hydrogen (secondary N) is 1. The molecule has 0 fully saturated rings. The highest BCUT2D eigenvalue weighted by atomic mass is 16.2. The average molecular weight is 320 g/mol. The molecule has 4 nitrogen and oxygen atoms in total. The first-order valence-electron chi connectivity index (χ1n) is 8.02. The summed E-state index contributed by atoms with van der Waals surface area (Å²) in [5, 5.41) is 2.72. The standard InChI is InChI=1S/C20H20N2O2/c1-3-12-21-19(23)15-8-10-16(11-9-15)20(24)22-14(2)13-17-6-4-5-7-18(17)22/h3-11,14H,1,12-13H2,2H3,(H,21,23). The number of carbonyl (C=O) groups excluding carboxylic acids is 2. The number of hydrogen-bond donors (Lipinski definition) is 1. The Bertz CT molecular complexity index is 780. The van der Waals surface area contributed by atoms with Crippen LogP contribution in [0.25, 0.3) is 0 Å². The third-order valence-corrected chi connectivity index (χ3v) is 4.23. The maximum Gasteiger partial charge on any atom is 0.258 e. The summed E-state index contributed by atoms with van der Waals surface area (Å²) in [5.41, 5.74) is 3.28. The van der Waals surface area contributed by atoms with Gasteiger partial charge in [-0.15, -0.1) is 6.58 Å². The Labute approximate surface area is 141 Å². The quantitative estimate of drug-likeness (QED) is 0.880. The van der Waals surface area contributed by atoms with Gasteiger partial charge < -0.3 is 10.2 Å². The van der Waals surface area contributed by atoms with Gasteiger partial charge in [0.25, 0.3) is 11.8 Å². The largest absolute Gasteiger partial charge is 0.349 e. The van der Waals surface area contributed by atoms with E-state index in [4.69, 9.17) is 0 Å². The van der Waals surface area contributed by atoms with E-state index in [0.717, 1.165) is 12.1 Å². The molecule has 0 aliphatic carbocycles. The lowest BCUT2D eigenvalue weighted by Crippen LogP contribution is -2.35. The van der Waals surface area contributed by atoms with Crippen LogP contribution in [0, 0.1) is 0 Å². The lowest BCUT2D eigenvalue weighted by atomic mass is 10.1. The fourth-order valence-corrected chi connectivity index (χ4v) is 3.05. The van der Waals surface area contributed by atoms with Crippen molar-refractivity contribution in [3.8, 4) is 0 Å². The molecule has 1 atom stereocenters. The summed E-state index contributed by atoms with van der Waals surface area (Å²) in [5.74, 6) is -0.209. The molecule has 0 radical (unpaired) electrons. The van der Waals surface area contributed by atoms with Crippen LogP contribution in [-0.4, -0.2) is 24.4 Å². The highest BCUT2D eigenvalue weighted by Crippen LogP contribution is 2.33. The summed E-state index contributed by atoms with van der Waals surface area (Å²) in [6, 6.07) is 14.9. The summed E-state index contributed by atoms with van der Waals surface area (Å²) in [4.78, 5) is 26.6. The Balaban J connectivity index is 1.81. The number of amides is 2. The lowest BCUT2D eigenvalue weighted by molar-refractivity contribution is 0.0953. The number of rotatable bonds is 4. The van der Waals surface area contributed by atoms with Gasteiger partial charge in [-0.1, -0.05) is 24.3 Å². The molecule has 1 aliphatic rings. The highest BCUT2D eigenvalue weighted by molar-refractivity contribution is 6.08. The molecular weight excluding hydrogens is 300 g/mol. The van der Waals surface area contributed by atoms with Crippen LogP contribution in [0.4, 0.5) is 5.69 Å². The van der Waals surface area contributed by atoms with Gasteiger partial charge >= 0.3 is 0 Å². The number of fused-ring (bicyclic) bond motifs is 1. The van der Waals surface area contributed by atoms with Crippen molar-refractivity contribution in [1.29, 1.82) is 0 Å². The molecule has 1 N–H and O–H groups in total. The summed E-state index contributed by atoms with van der Waals surface area (Å²) in [7, 11) is 0. The summed E-state index contributed by atoms with van der Waals surface area (Å²) in [6.07, 6.45) is 2.49. The first-order chi connectivity index (χ1) is 11.6. The minimum Gasteiger partial charge on any atom is -0.349 e. The molecule has 0 bridgehead atoms. The van der Waals surface area contributed by atoms with Crippen LogP contribution in [0.2, 0.25) is 0 Å². The van der Waals surface area contributed by atoms with Crippen molar-refractivity contribution in [3.05, 3.63) is 77.9 Å². The second kappa shape index (κ2) is 6.71.